The Morgan fingerprint density at radius 2 is 1.90 bits per heavy atom. The van der Waals surface area contributed by atoms with Gasteiger partial charge >= 0.3 is 0 Å². The number of carbonyl (C=O) groups excluding carboxylic acids is 1. The zero-order chi connectivity index (χ0) is 22.2. The molecule has 7 nitrogen and oxygen atoms in total. The molecule has 0 saturated carbocycles. The first-order valence-corrected chi connectivity index (χ1v) is 11.3. The lowest BCUT2D eigenvalue weighted by Crippen LogP contribution is -2.52. The van der Waals surface area contributed by atoms with E-state index in [1.54, 1.807) is 17.0 Å². The van der Waals surface area contributed by atoms with Gasteiger partial charge in [-0.3, -0.25) is 14.6 Å². The van der Waals surface area contributed by atoms with Crippen molar-refractivity contribution in [2.75, 3.05) is 72.2 Å². The van der Waals surface area contributed by atoms with E-state index in [-0.39, 0.29) is 17.9 Å². The van der Waals surface area contributed by atoms with Gasteiger partial charge in [-0.15, -0.1) is 0 Å². The third-order valence-electron chi connectivity index (χ3n) is 5.63. The van der Waals surface area contributed by atoms with Gasteiger partial charge in [-0.25, -0.2) is 4.39 Å². The average molecular weight is 438 g/mol. The molecule has 8 heteroatoms. The van der Waals surface area contributed by atoms with Gasteiger partial charge in [0.15, 0.2) is 0 Å². The minimum atomic E-state index is -0.433. The van der Waals surface area contributed by atoms with Gasteiger partial charge in [-0.2, -0.15) is 0 Å². The Balaban J connectivity index is 1.54. The SMILES string of the molecule is CC(C)CN(C[C@@H]1CN(C[C@@H](O)CN2CCOCC2)CCO1)C(=O)c1cccc(F)c1. The van der Waals surface area contributed by atoms with Crippen LogP contribution in [0.25, 0.3) is 0 Å². The second-order valence-electron chi connectivity index (χ2n) is 8.93. The molecule has 174 valence electrons. The van der Waals surface area contributed by atoms with E-state index < -0.39 is 11.9 Å². The zero-order valence-corrected chi connectivity index (χ0v) is 18.7. The van der Waals surface area contributed by atoms with Crippen LogP contribution in [0, 0.1) is 11.7 Å². The third-order valence-corrected chi connectivity index (χ3v) is 5.63. The van der Waals surface area contributed by atoms with E-state index in [4.69, 9.17) is 9.47 Å². The number of carbonyl (C=O) groups is 1. The molecule has 1 aromatic carbocycles. The zero-order valence-electron chi connectivity index (χ0n) is 18.7. The minimum Gasteiger partial charge on any atom is -0.390 e. The summed E-state index contributed by atoms with van der Waals surface area (Å²) in [4.78, 5) is 19.2. The van der Waals surface area contributed by atoms with E-state index in [1.807, 2.05) is 0 Å². The molecule has 0 bridgehead atoms. The summed E-state index contributed by atoms with van der Waals surface area (Å²) >= 11 is 0. The highest BCUT2D eigenvalue weighted by molar-refractivity contribution is 5.94. The van der Waals surface area contributed by atoms with Crippen molar-refractivity contribution in [3.05, 3.63) is 35.6 Å². The van der Waals surface area contributed by atoms with E-state index in [9.17, 15) is 14.3 Å². The van der Waals surface area contributed by atoms with Gasteiger partial charge in [-0.1, -0.05) is 19.9 Å². The molecule has 0 spiro atoms. The summed E-state index contributed by atoms with van der Waals surface area (Å²) < 4.78 is 24.9. The third kappa shape index (κ3) is 7.80. The fourth-order valence-electron chi connectivity index (χ4n) is 4.23. The van der Waals surface area contributed by atoms with Gasteiger partial charge in [0.05, 0.1) is 32.0 Å². The van der Waals surface area contributed by atoms with Crippen molar-refractivity contribution in [1.82, 2.24) is 14.7 Å². The Morgan fingerprint density at radius 1 is 1.19 bits per heavy atom. The van der Waals surface area contributed by atoms with Crippen LogP contribution in [0.2, 0.25) is 0 Å². The molecule has 0 radical (unpaired) electrons. The van der Waals surface area contributed by atoms with Crippen LogP contribution in [0.4, 0.5) is 4.39 Å². The molecule has 2 fully saturated rings. The van der Waals surface area contributed by atoms with Crippen molar-refractivity contribution in [2.45, 2.75) is 26.1 Å². The average Bonchev–Trinajstić information content (AvgIpc) is 2.73. The van der Waals surface area contributed by atoms with Gasteiger partial charge in [0.2, 0.25) is 0 Å². The van der Waals surface area contributed by atoms with Crippen molar-refractivity contribution < 1.29 is 23.8 Å². The Labute approximate surface area is 184 Å². The standard InChI is InChI=1S/C23H36FN3O4/c1-18(2)13-27(23(29)19-4-3-5-20(24)12-19)17-22-16-26(8-11-31-22)15-21(28)14-25-6-9-30-10-7-25/h3-5,12,18,21-22,28H,6-11,13-17H2,1-2H3/t21-,22-/m0/s1. The molecule has 1 aromatic rings. The molecule has 2 heterocycles. The molecule has 1 N–H and O–H groups in total. The summed E-state index contributed by atoms with van der Waals surface area (Å²) in [6.45, 7) is 11.5. The number of rotatable bonds is 9. The number of aliphatic hydroxyl groups excluding tert-OH is 1. The van der Waals surface area contributed by atoms with Crippen LogP contribution >= 0.6 is 0 Å². The van der Waals surface area contributed by atoms with Crippen LogP contribution in [0.3, 0.4) is 0 Å². The first-order valence-electron chi connectivity index (χ1n) is 11.3. The topological polar surface area (TPSA) is 65.5 Å². The molecule has 3 rings (SSSR count). The number of hydrogen-bond donors (Lipinski definition) is 1. The molecule has 2 aliphatic rings. The maximum Gasteiger partial charge on any atom is 0.254 e. The maximum atomic E-state index is 13.6. The first-order chi connectivity index (χ1) is 14.9. The van der Waals surface area contributed by atoms with Crippen molar-refractivity contribution in [3.8, 4) is 0 Å². The highest BCUT2D eigenvalue weighted by Gasteiger charge is 2.27. The van der Waals surface area contributed by atoms with Gasteiger partial charge < -0.3 is 19.5 Å². The van der Waals surface area contributed by atoms with E-state index in [1.165, 1.54) is 12.1 Å². The molecule has 1 amide bonds. The largest absolute Gasteiger partial charge is 0.390 e. The molecule has 2 aliphatic heterocycles. The van der Waals surface area contributed by atoms with Crippen LogP contribution in [0.15, 0.2) is 24.3 Å². The lowest BCUT2D eigenvalue weighted by atomic mass is 10.1. The highest BCUT2D eigenvalue weighted by Crippen LogP contribution is 2.14. The molecular formula is C23H36FN3O4. The number of hydrogen-bond acceptors (Lipinski definition) is 6. The molecule has 0 aliphatic carbocycles. The summed E-state index contributed by atoms with van der Waals surface area (Å²) in [6.07, 6.45) is -0.571. The van der Waals surface area contributed by atoms with Crippen LogP contribution in [-0.4, -0.2) is 110 Å². The number of halogens is 1. The maximum absolute atomic E-state index is 13.6. The number of morpholine rings is 2. The summed E-state index contributed by atoms with van der Waals surface area (Å²) in [5, 5.41) is 10.5. The number of amides is 1. The van der Waals surface area contributed by atoms with Gasteiger partial charge in [0.25, 0.3) is 5.91 Å². The van der Waals surface area contributed by atoms with Gasteiger partial charge in [0, 0.05) is 57.9 Å². The fraction of sp³-hybridized carbons (Fsp3) is 0.696. The fourth-order valence-corrected chi connectivity index (χ4v) is 4.23. The lowest BCUT2D eigenvalue weighted by Gasteiger charge is -2.37. The number of ether oxygens (including phenoxy) is 2. The number of nitrogens with zero attached hydrogens (tertiary/aromatic N) is 3. The Hall–Kier alpha value is -1.58. The summed E-state index contributed by atoms with van der Waals surface area (Å²) in [5.41, 5.74) is 0.356. The van der Waals surface area contributed by atoms with E-state index in [0.29, 0.717) is 44.9 Å². The van der Waals surface area contributed by atoms with E-state index in [2.05, 4.69) is 23.6 Å². The number of aliphatic hydroxyl groups is 1. The van der Waals surface area contributed by atoms with Crippen LogP contribution in [0.5, 0.6) is 0 Å². The normalized spacial score (nSPS) is 21.9. The summed E-state index contributed by atoms with van der Waals surface area (Å²) in [6, 6.07) is 5.83. The van der Waals surface area contributed by atoms with Crippen molar-refractivity contribution >= 4 is 5.91 Å². The highest BCUT2D eigenvalue weighted by atomic mass is 19.1. The van der Waals surface area contributed by atoms with E-state index in [0.717, 1.165) is 32.8 Å². The van der Waals surface area contributed by atoms with Crippen LogP contribution < -0.4 is 0 Å². The summed E-state index contributed by atoms with van der Waals surface area (Å²) in [7, 11) is 0. The lowest BCUT2D eigenvalue weighted by molar-refractivity contribution is -0.0560. The number of β-amino-alcohol motifs (C(OH)–C–C–N with tert-alkyl or cyclic N) is 1. The Bertz CT molecular complexity index is 699. The summed E-state index contributed by atoms with van der Waals surface area (Å²) in [5.74, 6) is -0.307. The van der Waals surface area contributed by atoms with Crippen LogP contribution in [-0.2, 0) is 9.47 Å². The molecule has 2 saturated heterocycles. The monoisotopic (exact) mass is 437 g/mol. The number of benzene rings is 1. The quantitative estimate of drug-likeness (QED) is 0.629. The molecular weight excluding hydrogens is 401 g/mol. The smallest absolute Gasteiger partial charge is 0.254 e. The predicted molar refractivity (Wildman–Crippen MR) is 117 cm³/mol. The van der Waals surface area contributed by atoms with Crippen molar-refractivity contribution in [1.29, 1.82) is 0 Å². The van der Waals surface area contributed by atoms with Crippen LogP contribution in [0.1, 0.15) is 24.2 Å². The minimum absolute atomic E-state index is 0.138. The second-order valence-corrected chi connectivity index (χ2v) is 8.93. The Morgan fingerprint density at radius 3 is 2.61 bits per heavy atom. The van der Waals surface area contributed by atoms with Gasteiger partial charge in [-0.05, 0) is 24.1 Å². The van der Waals surface area contributed by atoms with Gasteiger partial charge in [0.1, 0.15) is 5.82 Å². The van der Waals surface area contributed by atoms with Crippen molar-refractivity contribution in [3.63, 3.8) is 0 Å². The molecule has 0 unspecified atom stereocenters. The molecule has 31 heavy (non-hydrogen) atoms. The Kier molecular flexibility index (Phi) is 9.22. The second kappa shape index (κ2) is 11.9. The predicted octanol–water partition coefficient (Wildman–Crippen LogP) is 1.32. The first kappa shape index (κ1) is 24.1. The molecule has 0 aromatic heterocycles. The molecule has 2 atom stereocenters. The van der Waals surface area contributed by atoms with Crippen molar-refractivity contribution in [2.24, 2.45) is 5.92 Å². The van der Waals surface area contributed by atoms with E-state index >= 15 is 0 Å².